The summed E-state index contributed by atoms with van der Waals surface area (Å²) in [5, 5.41) is 22.7. The summed E-state index contributed by atoms with van der Waals surface area (Å²) in [6.07, 6.45) is 14.9. The highest BCUT2D eigenvalue weighted by Gasteiger charge is 2.51. The number of carbonyl (C=O) groups excluding carboxylic acids is 5. The molecule has 0 aromatic heterocycles. The van der Waals surface area contributed by atoms with Gasteiger partial charge in [0, 0.05) is 58.7 Å². The molecule has 15 heteroatoms. The fraction of sp³-hybridized carbons (Fsp3) is 0.768. The maximum absolute atomic E-state index is 14.3. The van der Waals surface area contributed by atoms with Crippen LogP contribution in [0, 0.1) is 35.5 Å². The Kier molecular flexibility index (Phi) is 26.8. The molecule has 0 bridgehead atoms. The highest BCUT2D eigenvalue weighted by atomic mass is 16.6. The Hall–Kier alpha value is -3.41. The molecule has 2 heterocycles. The van der Waals surface area contributed by atoms with Gasteiger partial charge >= 0.3 is 5.97 Å². The van der Waals surface area contributed by atoms with Crippen LogP contribution in [0.2, 0.25) is 0 Å². The van der Waals surface area contributed by atoms with Gasteiger partial charge in [0.1, 0.15) is 30.1 Å². The average molecular weight is 1000 g/mol. The number of aliphatic hydroxyl groups excluding tert-OH is 1. The molecule has 2 aliphatic heterocycles. The van der Waals surface area contributed by atoms with E-state index in [9.17, 15) is 34.2 Å². The second kappa shape index (κ2) is 30.7. The predicted octanol–water partition coefficient (Wildman–Crippen LogP) is 7.40. The summed E-state index contributed by atoms with van der Waals surface area (Å²) < 4.78 is 35.0. The molecule has 0 radical (unpaired) electrons. The first kappa shape index (κ1) is 61.9. The van der Waals surface area contributed by atoms with E-state index < -0.39 is 65.6 Å². The van der Waals surface area contributed by atoms with E-state index in [1.54, 1.807) is 41.1 Å². The normalized spacial score (nSPS) is 27.2. The van der Waals surface area contributed by atoms with Gasteiger partial charge in [-0.25, -0.2) is 4.79 Å². The first-order valence-electron chi connectivity index (χ1n) is 26.3. The minimum atomic E-state index is -2.28. The van der Waals surface area contributed by atoms with E-state index in [-0.39, 0.29) is 73.6 Å². The molecule has 2 saturated heterocycles. The molecular weight excluding hydrogens is 909 g/mol. The number of carbonyl (C=O) groups is 5. The number of hydrogen-bond acceptors (Lipinski definition) is 14. The number of ketones is 3. The van der Waals surface area contributed by atoms with Crippen LogP contribution in [0.15, 0.2) is 47.6 Å². The van der Waals surface area contributed by atoms with Crippen molar-refractivity contribution in [3.05, 3.63) is 47.6 Å². The number of likely N-dealkylation sites (tertiary alicyclic amines) is 1. The van der Waals surface area contributed by atoms with E-state index in [0.29, 0.717) is 50.7 Å². The van der Waals surface area contributed by atoms with Crippen molar-refractivity contribution >= 4 is 29.2 Å². The first-order valence-corrected chi connectivity index (χ1v) is 26.3. The van der Waals surface area contributed by atoms with E-state index in [4.69, 9.17) is 28.4 Å². The van der Waals surface area contributed by atoms with Gasteiger partial charge in [0.2, 0.25) is 5.79 Å². The van der Waals surface area contributed by atoms with Gasteiger partial charge in [-0.3, -0.25) is 19.2 Å². The third kappa shape index (κ3) is 18.8. The van der Waals surface area contributed by atoms with E-state index in [0.717, 1.165) is 37.8 Å². The molecule has 0 aromatic carbocycles. The Balaban J connectivity index is 1.79. The molecule has 0 spiro atoms. The van der Waals surface area contributed by atoms with Crippen LogP contribution in [0.1, 0.15) is 132 Å². The molecule has 0 unspecified atom stereocenters. The monoisotopic (exact) mass is 1000 g/mol. The molecule has 3 aliphatic rings. The van der Waals surface area contributed by atoms with Crippen molar-refractivity contribution in [1.29, 1.82) is 0 Å². The molecule has 3 fully saturated rings. The van der Waals surface area contributed by atoms with Crippen molar-refractivity contribution < 1.29 is 62.6 Å². The van der Waals surface area contributed by atoms with Crippen molar-refractivity contribution in [2.45, 2.75) is 181 Å². The molecule has 2 N–H and O–H groups in total. The molecule has 1 aliphatic carbocycles. The number of esters is 1. The van der Waals surface area contributed by atoms with Gasteiger partial charge in [-0.2, -0.15) is 0 Å². The zero-order chi connectivity index (χ0) is 53.0. The van der Waals surface area contributed by atoms with Gasteiger partial charge in [0.25, 0.3) is 11.7 Å². The third-order valence-electron chi connectivity index (χ3n) is 15.1. The molecule has 3 rings (SSSR count). The number of piperidine rings is 1. The van der Waals surface area contributed by atoms with Gasteiger partial charge in [-0.1, -0.05) is 71.1 Å². The lowest BCUT2D eigenvalue weighted by molar-refractivity contribution is -0.241. The van der Waals surface area contributed by atoms with Crippen LogP contribution in [0.3, 0.4) is 0 Å². The average Bonchev–Trinajstić information content (AvgIpc) is 3.34. The number of amides is 1. The van der Waals surface area contributed by atoms with Crippen molar-refractivity contribution in [1.82, 2.24) is 9.80 Å². The van der Waals surface area contributed by atoms with Crippen LogP contribution in [-0.4, -0.2) is 159 Å². The lowest BCUT2D eigenvalue weighted by Gasteiger charge is -2.40. The zero-order valence-corrected chi connectivity index (χ0v) is 45.6. The minimum absolute atomic E-state index is 0.0291. The van der Waals surface area contributed by atoms with Crippen molar-refractivity contribution in [3.8, 4) is 0 Å². The molecule has 1 amide bonds. The Morgan fingerprint density at radius 3 is 2.25 bits per heavy atom. The number of methoxy groups -OCH3 is 3. The summed E-state index contributed by atoms with van der Waals surface area (Å²) in [6.45, 7) is 16.7. The Morgan fingerprint density at radius 2 is 1.61 bits per heavy atom. The number of Topliss-reactive ketones (excluding diaryl/α,β-unsaturated/α-hetero) is 3. The summed E-state index contributed by atoms with van der Waals surface area (Å²) in [7, 11) is 8.83. The van der Waals surface area contributed by atoms with Crippen LogP contribution in [-0.2, 0) is 52.4 Å². The first-order chi connectivity index (χ1) is 33.6. The van der Waals surface area contributed by atoms with Crippen molar-refractivity contribution in [2.75, 3.05) is 61.7 Å². The molecular formula is C56H92N2O13. The Morgan fingerprint density at radius 1 is 0.887 bits per heavy atom. The van der Waals surface area contributed by atoms with Gasteiger partial charge in [-0.15, -0.1) is 0 Å². The van der Waals surface area contributed by atoms with E-state index >= 15 is 0 Å². The summed E-state index contributed by atoms with van der Waals surface area (Å²) >= 11 is 0. The van der Waals surface area contributed by atoms with Gasteiger partial charge < -0.3 is 48.4 Å². The lowest BCUT2D eigenvalue weighted by atomic mass is 9.78. The number of ether oxygens (including phenoxy) is 6. The molecule has 15 nitrogen and oxygen atoms in total. The van der Waals surface area contributed by atoms with Gasteiger partial charge in [-0.05, 0) is 141 Å². The largest absolute Gasteiger partial charge is 0.460 e. The quantitative estimate of drug-likeness (QED) is 0.0248. The fourth-order valence-electron chi connectivity index (χ4n) is 10.2. The van der Waals surface area contributed by atoms with Crippen LogP contribution in [0.25, 0.3) is 0 Å². The van der Waals surface area contributed by atoms with Crippen LogP contribution in [0.4, 0.5) is 0 Å². The van der Waals surface area contributed by atoms with E-state index in [2.05, 4.69) is 4.90 Å². The third-order valence-corrected chi connectivity index (χ3v) is 15.1. The molecule has 404 valence electrons. The zero-order valence-electron chi connectivity index (χ0n) is 45.6. The fourth-order valence-corrected chi connectivity index (χ4v) is 10.2. The molecule has 1 saturated carbocycles. The van der Waals surface area contributed by atoms with Crippen LogP contribution < -0.4 is 0 Å². The molecule has 14 atom stereocenters. The van der Waals surface area contributed by atoms with Gasteiger partial charge in [0.05, 0.1) is 24.9 Å². The second-order valence-corrected chi connectivity index (χ2v) is 21.2. The second-order valence-electron chi connectivity index (χ2n) is 21.2. The lowest BCUT2D eigenvalue weighted by Crippen LogP contribution is -2.59. The molecule has 0 aromatic rings. The predicted molar refractivity (Wildman–Crippen MR) is 274 cm³/mol. The maximum atomic E-state index is 14.3. The van der Waals surface area contributed by atoms with Crippen molar-refractivity contribution in [2.24, 2.45) is 35.5 Å². The number of nitrogens with zero attached hydrogens (tertiary/aromatic N) is 2. The number of aliphatic hydroxyl groups is 2. The minimum Gasteiger partial charge on any atom is -0.460 e. The van der Waals surface area contributed by atoms with Crippen LogP contribution >= 0.6 is 0 Å². The summed E-state index contributed by atoms with van der Waals surface area (Å²) in [5.41, 5.74) is 1.50. The number of rotatable bonds is 29. The highest BCUT2D eigenvalue weighted by Crippen LogP contribution is 2.36. The van der Waals surface area contributed by atoms with Crippen molar-refractivity contribution in [3.63, 3.8) is 0 Å². The smallest absolute Gasteiger partial charge is 0.329 e. The maximum Gasteiger partial charge on any atom is 0.329 e. The Bertz CT molecular complexity index is 1830. The molecule has 71 heavy (non-hydrogen) atoms. The SMILES string of the molecule is CO[C@@H](C)/C(C)=C/C=C/C=C/[C@@H](C)C[C@@H](C)C(=O)[C@H](OC)[C@H](O)/C(C)=C/[C@@H](C)C(=O)C[C@H](OC(=O)[C@@H]1CCCCN1C(=O)C(=O)[C@]1(O)OCCC[C@H]1C)[C@H](C)C[C@@H]1CC[C@@H](OCCCN(C)C)[C@H](OC)C1. The number of hydrogen-bond donors (Lipinski definition) is 2. The van der Waals surface area contributed by atoms with Crippen LogP contribution in [0.5, 0.6) is 0 Å². The summed E-state index contributed by atoms with van der Waals surface area (Å²) in [4.78, 5) is 73.1. The summed E-state index contributed by atoms with van der Waals surface area (Å²) in [5.74, 6) is -7.37. The van der Waals surface area contributed by atoms with E-state index in [1.165, 1.54) is 12.0 Å². The number of allylic oxidation sites excluding steroid dienone is 6. The highest BCUT2D eigenvalue weighted by molar-refractivity contribution is 6.39. The van der Waals surface area contributed by atoms with E-state index in [1.807, 2.05) is 79.1 Å². The summed E-state index contributed by atoms with van der Waals surface area (Å²) in [6, 6.07) is -1.09. The standard InChI is InChI=1S/C56H92N2O13/c1-36(21-15-14-16-22-37(2)43(8)66-11)31-40(5)50(60)52(68-13)51(61)41(6)32-38(3)46(59)35-48(39(4)33-44-25-26-47(49(34-44)67-12)69-29-20-27-57(9)10)71-55(64)45-24-17-18-28-58(45)54(63)53(62)56(65)42(7)23-19-30-70-56/h14-16,21-22,32,36,38-40,42-45,47-49,51-52,61,65H,17-20,23-31,33-35H2,1-13H3/b16-14+,21-15+,37-22+,41-32+/t36-,38-,39-,40-,42-,43+,44+,45+,47-,48+,49-,51-,52+,56-/m1/s1. The Labute approximate surface area is 426 Å². The topological polar surface area (TPSA) is 188 Å². The van der Waals surface area contributed by atoms with Gasteiger partial charge in [0.15, 0.2) is 5.78 Å².